The number of aromatic hydroxyl groups is 1. The second-order valence-corrected chi connectivity index (χ2v) is 3.01. The predicted molar refractivity (Wildman–Crippen MR) is 56.1 cm³/mol. The molecular formula is C10H16N2O2. The summed E-state index contributed by atoms with van der Waals surface area (Å²) >= 11 is 0. The lowest BCUT2D eigenvalue weighted by Gasteiger charge is -2.08. The number of ether oxygens (including phenoxy) is 1. The van der Waals surface area contributed by atoms with Crippen LogP contribution in [0.1, 0.15) is 5.56 Å². The second kappa shape index (κ2) is 5.47. The molecule has 0 heterocycles. The molecular weight excluding hydrogens is 180 g/mol. The number of hydrogen-bond acceptors (Lipinski definition) is 4. The Kier molecular flexibility index (Phi) is 4.22. The molecule has 4 nitrogen and oxygen atoms in total. The molecule has 0 radical (unpaired) electrons. The summed E-state index contributed by atoms with van der Waals surface area (Å²) in [5.74, 6) is 0.231. The van der Waals surface area contributed by atoms with Gasteiger partial charge in [-0.3, -0.25) is 0 Å². The summed E-state index contributed by atoms with van der Waals surface area (Å²) in [4.78, 5) is 0. The van der Waals surface area contributed by atoms with Crippen LogP contribution in [0, 0.1) is 0 Å². The summed E-state index contributed by atoms with van der Waals surface area (Å²) in [6, 6.07) is 5.13. The lowest BCUT2D eigenvalue weighted by atomic mass is 10.1. The highest BCUT2D eigenvalue weighted by Crippen LogP contribution is 2.22. The van der Waals surface area contributed by atoms with Crippen LogP contribution >= 0.6 is 0 Å². The first-order valence-electron chi connectivity index (χ1n) is 4.51. The normalized spacial score (nSPS) is 10.4. The van der Waals surface area contributed by atoms with Gasteiger partial charge >= 0.3 is 0 Å². The Bertz CT molecular complexity index is 269. The molecule has 0 aliphatic heterocycles. The number of phenolic OH excluding ortho intramolecular Hbond substituents is 1. The molecule has 0 spiro atoms. The number of benzene rings is 1. The number of methoxy groups -OCH3 is 1. The van der Waals surface area contributed by atoms with Gasteiger partial charge in [-0.15, -0.1) is 0 Å². The first-order valence-corrected chi connectivity index (χ1v) is 4.51. The first kappa shape index (κ1) is 10.8. The minimum absolute atomic E-state index is 0.231. The molecule has 1 rings (SSSR count). The van der Waals surface area contributed by atoms with E-state index in [-0.39, 0.29) is 5.75 Å². The maximum absolute atomic E-state index is 9.50. The maximum atomic E-state index is 9.50. The van der Waals surface area contributed by atoms with E-state index in [0.29, 0.717) is 18.8 Å². The van der Waals surface area contributed by atoms with Gasteiger partial charge in [-0.05, 0) is 12.1 Å². The van der Waals surface area contributed by atoms with Gasteiger partial charge in [0.05, 0.1) is 6.61 Å². The third-order valence-corrected chi connectivity index (χ3v) is 1.97. The zero-order chi connectivity index (χ0) is 10.4. The van der Waals surface area contributed by atoms with E-state index >= 15 is 0 Å². The van der Waals surface area contributed by atoms with Crippen molar-refractivity contribution < 1.29 is 9.84 Å². The highest BCUT2D eigenvalue weighted by Gasteiger charge is 2.03. The Labute approximate surface area is 83.7 Å². The van der Waals surface area contributed by atoms with Crippen LogP contribution in [-0.4, -0.2) is 25.4 Å². The van der Waals surface area contributed by atoms with Gasteiger partial charge in [-0.2, -0.15) is 0 Å². The Morgan fingerprint density at radius 1 is 1.50 bits per heavy atom. The SMILES string of the molecule is COCCNCc1c(N)cccc1O. The predicted octanol–water partition coefficient (Wildman–Crippen LogP) is 0.710. The first-order chi connectivity index (χ1) is 6.75. The molecule has 4 N–H and O–H groups in total. The van der Waals surface area contributed by atoms with Crippen LogP contribution < -0.4 is 11.1 Å². The highest BCUT2D eigenvalue weighted by atomic mass is 16.5. The van der Waals surface area contributed by atoms with Gasteiger partial charge in [-0.1, -0.05) is 6.07 Å². The van der Waals surface area contributed by atoms with Crippen molar-refractivity contribution in [2.75, 3.05) is 26.0 Å². The number of phenols is 1. The monoisotopic (exact) mass is 196 g/mol. The molecule has 1 aromatic rings. The Balaban J connectivity index is 2.49. The Hall–Kier alpha value is -1.26. The molecule has 14 heavy (non-hydrogen) atoms. The molecule has 0 aliphatic carbocycles. The number of nitrogen functional groups attached to an aromatic ring is 1. The fourth-order valence-corrected chi connectivity index (χ4v) is 1.17. The smallest absolute Gasteiger partial charge is 0.122 e. The molecule has 1 aromatic carbocycles. The van der Waals surface area contributed by atoms with Gasteiger partial charge in [0.1, 0.15) is 5.75 Å². The van der Waals surface area contributed by atoms with E-state index in [1.54, 1.807) is 25.3 Å². The van der Waals surface area contributed by atoms with Gasteiger partial charge in [0.25, 0.3) is 0 Å². The minimum atomic E-state index is 0.231. The largest absolute Gasteiger partial charge is 0.508 e. The summed E-state index contributed by atoms with van der Waals surface area (Å²) in [6.45, 7) is 1.94. The van der Waals surface area contributed by atoms with Gasteiger partial charge in [0.15, 0.2) is 0 Å². The van der Waals surface area contributed by atoms with E-state index in [1.807, 2.05) is 0 Å². The summed E-state index contributed by atoms with van der Waals surface area (Å²) in [6.07, 6.45) is 0. The van der Waals surface area contributed by atoms with Crippen LogP contribution in [0.15, 0.2) is 18.2 Å². The van der Waals surface area contributed by atoms with Gasteiger partial charge in [0.2, 0.25) is 0 Å². The van der Waals surface area contributed by atoms with Gasteiger partial charge in [0, 0.05) is 31.5 Å². The lowest BCUT2D eigenvalue weighted by molar-refractivity contribution is 0.199. The molecule has 0 saturated carbocycles. The van der Waals surface area contributed by atoms with Crippen molar-refractivity contribution in [3.05, 3.63) is 23.8 Å². The van der Waals surface area contributed by atoms with Crippen molar-refractivity contribution in [2.24, 2.45) is 0 Å². The number of nitrogens with one attached hydrogen (secondary N) is 1. The summed E-state index contributed by atoms with van der Waals surface area (Å²) in [7, 11) is 1.65. The highest BCUT2D eigenvalue weighted by molar-refractivity contribution is 5.53. The van der Waals surface area contributed by atoms with Crippen LogP contribution in [0.2, 0.25) is 0 Å². The quantitative estimate of drug-likeness (QED) is 0.479. The van der Waals surface area contributed by atoms with Crippen molar-refractivity contribution in [2.45, 2.75) is 6.54 Å². The number of nitrogens with two attached hydrogens (primary N) is 1. The molecule has 0 saturated heterocycles. The zero-order valence-electron chi connectivity index (χ0n) is 8.29. The van der Waals surface area contributed by atoms with Gasteiger partial charge in [-0.25, -0.2) is 0 Å². The zero-order valence-corrected chi connectivity index (χ0v) is 8.29. The van der Waals surface area contributed by atoms with Crippen LogP contribution in [0.25, 0.3) is 0 Å². The van der Waals surface area contributed by atoms with Crippen molar-refractivity contribution >= 4 is 5.69 Å². The van der Waals surface area contributed by atoms with E-state index in [1.165, 1.54) is 0 Å². The Morgan fingerprint density at radius 3 is 2.93 bits per heavy atom. The molecule has 0 aliphatic rings. The van der Waals surface area contributed by atoms with Crippen LogP contribution in [0.3, 0.4) is 0 Å². The van der Waals surface area contributed by atoms with Gasteiger partial charge < -0.3 is 20.9 Å². The van der Waals surface area contributed by atoms with Crippen molar-refractivity contribution in [1.29, 1.82) is 0 Å². The van der Waals surface area contributed by atoms with E-state index in [9.17, 15) is 5.11 Å². The maximum Gasteiger partial charge on any atom is 0.122 e. The topological polar surface area (TPSA) is 67.5 Å². The second-order valence-electron chi connectivity index (χ2n) is 3.01. The molecule has 78 valence electrons. The third-order valence-electron chi connectivity index (χ3n) is 1.97. The molecule has 0 bridgehead atoms. The Morgan fingerprint density at radius 2 is 2.29 bits per heavy atom. The molecule has 4 heteroatoms. The van der Waals surface area contributed by atoms with E-state index < -0.39 is 0 Å². The average Bonchev–Trinajstić information content (AvgIpc) is 2.16. The molecule has 0 atom stereocenters. The standard InChI is InChI=1S/C10H16N2O2/c1-14-6-5-12-7-8-9(11)3-2-4-10(8)13/h2-4,12-13H,5-7,11H2,1H3. The molecule has 0 aromatic heterocycles. The van der Waals surface area contributed by atoms with Crippen LogP contribution in [0.4, 0.5) is 5.69 Å². The van der Waals surface area contributed by atoms with E-state index in [0.717, 1.165) is 12.1 Å². The molecule has 0 amide bonds. The minimum Gasteiger partial charge on any atom is -0.508 e. The lowest BCUT2D eigenvalue weighted by Crippen LogP contribution is -2.19. The summed E-state index contributed by atoms with van der Waals surface area (Å²) in [5.41, 5.74) is 7.05. The number of hydrogen-bond donors (Lipinski definition) is 3. The fourth-order valence-electron chi connectivity index (χ4n) is 1.17. The molecule has 0 fully saturated rings. The summed E-state index contributed by atoms with van der Waals surface area (Å²) in [5, 5.41) is 12.6. The van der Waals surface area contributed by atoms with Crippen LogP contribution in [-0.2, 0) is 11.3 Å². The average molecular weight is 196 g/mol. The van der Waals surface area contributed by atoms with Crippen LogP contribution in [0.5, 0.6) is 5.75 Å². The van der Waals surface area contributed by atoms with E-state index in [2.05, 4.69) is 5.32 Å². The van der Waals surface area contributed by atoms with Crippen molar-refractivity contribution in [3.8, 4) is 5.75 Å². The summed E-state index contributed by atoms with van der Waals surface area (Å²) < 4.78 is 4.88. The van der Waals surface area contributed by atoms with Crippen molar-refractivity contribution in [3.63, 3.8) is 0 Å². The fraction of sp³-hybridized carbons (Fsp3) is 0.400. The molecule has 0 unspecified atom stereocenters. The van der Waals surface area contributed by atoms with Crippen molar-refractivity contribution in [1.82, 2.24) is 5.32 Å². The third kappa shape index (κ3) is 2.90. The number of anilines is 1. The number of rotatable bonds is 5. The van der Waals surface area contributed by atoms with E-state index in [4.69, 9.17) is 10.5 Å².